The summed E-state index contributed by atoms with van der Waals surface area (Å²) in [6.07, 6.45) is 2.06. The van der Waals surface area contributed by atoms with E-state index < -0.39 is 9.84 Å². The fourth-order valence-corrected chi connectivity index (χ4v) is 4.16. The van der Waals surface area contributed by atoms with Gasteiger partial charge in [0, 0.05) is 17.0 Å². The van der Waals surface area contributed by atoms with Gasteiger partial charge in [0.15, 0.2) is 9.84 Å². The van der Waals surface area contributed by atoms with E-state index in [0.29, 0.717) is 0 Å². The molecular weight excluding hydrogens is 290 g/mol. The van der Waals surface area contributed by atoms with Crippen molar-refractivity contribution in [2.75, 3.05) is 12.8 Å². The van der Waals surface area contributed by atoms with Crippen molar-refractivity contribution >= 4 is 31.3 Å². The number of fused-ring (bicyclic) bond motifs is 1. The van der Waals surface area contributed by atoms with E-state index in [0.717, 1.165) is 13.0 Å². The van der Waals surface area contributed by atoms with Gasteiger partial charge in [-0.15, -0.1) is 11.3 Å². The lowest BCUT2D eigenvalue weighted by molar-refractivity contribution is 0.495. The highest BCUT2D eigenvalue weighted by atomic mass is 32.2. The molecule has 0 saturated carbocycles. The Morgan fingerprint density at radius 3 is 2.65 bits per heavy atom. The Bertz CT molecular complexity index is 676. The fourth-order valence-electron chi connectivity index (χ4n) is 2.39. The summed E-state index contributed by atoms with van der Waals surface area (Å²) >= 11 is 1.72. The average Bonchev–Trinajstić information content (AvgIpc) is 2.80. The second kappa shape index (κ2) is 6.24. The van der Waals surface area contributed by atoms with E-state index in [9.17, 15) is 8.42 Å². The van der Waals surface area contributed by atoms with Gasteiger partial charge in [0.2, 0.25) is 0 Å². The Labute approximate surface area is 124 Å². The van der Waals surface area contributed by atoms with Crippen LogP contribution < -0.4 is 5.32 Å². The van der Waals surface area contributed by atoms with E-state index in [1.54, 1.807) is 18.3 Å². The van der Waals surface area contributed by atoms with E-state index >= 15 is 0 Å². The lowest BCUT2D eigenvalue weighted by atomic mass is 10.0. The van der Waals surface area contributed by atoms with E-state index in [1.807, 2.05) is 19.1 Å². The Balaban J connectivity index is 2.28. The maximum atomic E-state index is 11.8. The monoisotopic (exact) mass is 311 g/mol. The Morgan fingerprint density at radius 1 is 1.30 bits per heavy atom. The van der Waals surface area contributed by atoms with Crippen LogP contribution in [0.5, 0.6) is 0 Å². The molecule has 2 unspecified atom stereocenters. The van der Waals surface area contributed by atoms with Gasteiger partial charge in [0.05, 0.1) is 5.25 Å². The Kier molecular flexibility index (Phi) is 4.83. The standard InChI is InChI=1S/C15H21NO2S2/c1-4-16-14(11(2)20(3,17)18)9-12-10-19-15-8-6-5-7-13(12)15/h5-8,10-11,14,16H,4,9H2,1-3H3. The van der Waals surface area contributed by atoms with E-state index in [2.05, 4.69) is 22.8 Å². The third-order valence-corrected chi connectivity index (χ3v) is 6.40. The quantitative estimate of drug-likeness (QED) is 0.892. The van der Waals surface area contributed by atoms with Crippen LogP contribution in [0.2, 0.25) is 0 Å². The molecule has 1 heterocycles. The molecule has 3 nitrogen and oxygen atoms in total. The van der Waals surface area contributed by atoms with Crippen LogP contribution in [-0.2, 0) is 16.3 Å². The third-order valence-electron chi connectivity index (χ3n) is 3.71. The first kappa shape index (κ1) is 15.5. The summed E-state index contributed by atoms with van der Waals surface area (Å²) in [7, 11) is -3.04. The molecule has 0 aliphatic carbocycles. The molecule has 0 aliphatic rings. The molecule has 2 rings (SSSR count). The molecule has 0 aliphatic heterocycles. The van der Waals surface area contributed by atoms with Gasteiger partial charge in [-0.25, -0.2) is 8.42 Å². The van der Waals surface area contributed by atoms with Crippen LogP contribution in [0.25, 0.3) is 10.1 Å². The molecule has 5 heteroatoms. The summed E-state index contributed by atoms with van der Waals surface area (Å²) in [5.74, 6) is 0. The van der Waals surface area contributed by atoms with Crippen LogP contribution in [-0.4, -0.2) is 32.5 Å². The summed E-state index contributed by atoms with van der Waals surface area (Å²) in [5, 5.41) is 6.31. The molecule has 0 amide bonds. The zero-order chi connectivity index (χ0) is 14.8. The SMILES string of the molecule is CCNC(Cc1csc2ccccc12)C(C)S(C)(=O)=O. The highest BCUT2D eigenvalue weighted by Crippen LogP contribution is 2.27. The van der Waals surface area contributed by atoms with E-state index in [4.69, 9.17) is 0 Å². The smallest absolute Gasteiger partial charge is 0.151 e. The van der Waals surface area contributed by atoms with Gasteiger partial charge < -0.3 is 5.32 Å². The molecule has 0 spiro atoms. The van der Waals surface area contributed by atoms with Crippen LogP contribution in [0.4, 0.5) is 0 Å². The highest BCUT2D eigenvalue weighted by molar-refractivity contribution is 7.91. The minimum absolute atomic E-state index is 0.0481. The summed E-state index contributed by atoms with van der Waals surface area (Å²) in [6.45, 7) is 4.57. The summed E-state index contributed by atoms with van der Waals surface area (Å²) < 4.78 is 24.9. The summed E-state index contributed by atoms with van der Waals surface area (Å²) in [5.41, 5.74) is 1.23. The molecular formula is C15H21NO2S2. The number of likely N-dealkylation sites (N-methyl/N-ethyl adjacent to an activating group) is 1. The number of benzene rings is 1. The Hall–Kier alpha value is -0.910. The van der Waals surface area contributed by atoms with Crippen molar-refractivity contribution < 1.29 is 8.42 Å². The predicted octanol–water partition coefficient (Wildman–Crippen LogP) is 2.86. The summed E-state index contributed by atoms with van der Waals surface area (Å²) in [6, 6.07) is 8.22. The van der Waals surface area contributed by atoms with Crippen molar-refractivity contribution in [1.29, 1.82) is 0 Å². The number of rotatable bonds is 6. The molecule has 0 radical (unpaired) electrons. The van der Waals surface area contributed by atoms with Crippen LogP contribution in [0.3, 0.4) is 0 Å². The minimum Gasteiger partial charge on any atom is -0.313 e. The molecule has 20 heavy (non-hydrogen) atoms. The zero-order valence-corrected chi connectivity index (χ0v) is 13.7. The van der Waals surface area contributed by atoms with Crippen LogP contribution in [0.1, 0.15) is 19.4 Å². The summed E-state index contributed by atoms with van der Waals surface area (Å²) in [4.78, 5) is 0. The van der Waals surface area contributed by atoms with Crippen molar-refractivity contribution in [1.82, 2.24) is 5.32 Å². The Morgan fingerprint density at radius 2 is 2.00 bits per heavy atom. The first-order chi connectivity index (χ1) is 9.43. The lowest BCUT2D eigenvalue weighted by Gasteiger charge is -2.23. The number of thiophene rings is 1. The molecule has 1 aromatic heterocycles. The highest BCUT2D eigenvalue weighted by Gasteiger charge is 2.26. The van der Waals surface area contributed by atoms with Crippen LogP contribution in [0.15, 0.2) is 29.6 Å². The molecule has 2 atom stereocenters. The van der Waals surface area contributed by atoms with Crippen molar-refractivity contribution in [3.8, 4) is 0 Å². The second-order valence-electron chi connectivity index (χ2n) is 5.16. The molecule has 0 saturated heterocycles. The number of hydrogen-bond acceptors (Lipinski definition) is 4. The minimum atomic E-state index is -3.04. The normalized spacial score (nSPS) is 15.3. The van der Waals surface area contributed by atoms with Gasteiger partial charge in [-0.05, 0) is 42.3 Å². The molecule has 0 bridgehead atoms. The van der Waals surface area contributed by atoms with Gasteiger partial charge in [0.1, 0.15) is 0 Å². The van der Waals surface area contributed by atoms with Crippen LogP contribution in [0, 0.1) is 0 Å². The first-order valence-electron chi connectivity index (χ1n) is 6.80. The number of nitrogens with one attached hydrogen (secondary N) is 1. The first-order valence-corrected chi connectivity index (χ1v) is 9.64. The number of hydrogen-bond donors (Lipinski definition) is 1. The van der Waals surface area contributed by atoms with Gasteiger partial charge in [-0.2, -0.15) is 0 Å². The van der Waals surface area contributed by atoms with Crippen molar-refractivity contribution in [2.24, 2.45) is 0 Å². The fraction of sp³-hybridized carbons (Fsp3) is 0.467. The van der Waals surface area contributed by atoms with Crippen LogP contribution >= 0.6 is 11.3 Å². The maximum absolute atomic E-state index is 11.8. The van der Waals surface area contributed by atoms with E-state index in [-0.39, 0.29) is 11.3 Å². The van der Waals surface area contributed by atoms with Crippen molar-refractivity contribution in [2.45, 2.75) is 31.6 Å². The second-order valence-corrected chi connectivity index (χ2v) is 8.47. The molecule has 2 aromatic rings. The molecule has 1 N–H and O–H groups in total. The molecule has 110 valence electrons. The van der Waals surface area contributed by atoms with Gasteiger partial charge >= 0.3 is 0 Å². The predicted molar refractivity (Wildman–Crippen MR) is 87.3 cm³/mol. The average molecular weight is 311 g/mol. The third kappa shape index (κ3) is 3.40. The number of sulfone groups is 1. The maximum Gasteiger partial charge on any atom is 0.151 e. The lowest BCUT2D eigenvalue weighted by Crippen LogP contribution is -2.43. The van der Waals surface area contributed by atoms with Gasteiger partial charge in [0.25, 0.3) is 0 Å². The molecule has 1 aromatic carbocycles. The largest absolute Gasteiger partial charge is 0.313 e. The van der Waals surface area contributed by atoms with Gasteiger partial charge in [-0.3, -0.25) is 0 Å². The molecule has 0 fully saturated rings. The van der Waals surface area contributed by atoms with Gasteiger partial charge in [-0.1, -0.05) is 25.1 Å². The topological polar surface area (TPSA) is 46.2 Å². The van der Waals surface area contributed by atoms with E-state index in [1.165, 1.54) is 21.9 Å². The zero-order valence-electron chi connectivity index (χ0n) is 12.1. The van der Waals surface area contributed by atoms with Crippen molar-refractivity contribution in [3.63, 3.8) is 0 Å². The van der Waals surface area contributed by atoms with Crippen molar-refractivity contribution in [3.05, 3.63) is 35.2 Å².